The molecule has 12 heavy (non-hydrogen) atoms. The zero-order valence-electron chi connectivity index (χ0n) is 4.62. The molecular weight excluding hydrogens is 144 g/mol. The van der Waals surface area contributed by atoms with Gasteiger partial charge in [0.25, 0.3) is 0 Å². The minimum Gasteiger partial charge on any atom is -0.124 e. The predicted molar refractivity (Wildman–Crippen MR) is 66.5 cm³/mol. The summed E-state index contributed by atoms with van der Waals surface area (Å²) in [6.45, 7) is 0. The van der Waals surface area contributed by atoms with Gasteiger partial charge in [-0.3, -0.25) is 0 Å². The highest BCUT2D eigenvalue weighted by atomic mass is 12.6. The minimum absolute atomic E-state index is 0. The van der Waals surface area contributed by atoms with E-state index in [1.54, 1.807) is 0 Å². The average molecular weight is 168 g/mol. The van der Waals surface area contributed by atoms with Gasteiger partial charge in [-0.15, -0.1) is 51.4 Å². The molecule has 0 fully saturated rings. The average Bonchev–Trinajstić information content (AvgIpc) is 2.03. The van der Waals surface area contributed by atoms with Gasteiger partial charge in [-0.05, 0) is 0 Å². The van der Waals surface area contributed by atoms with E-state index < -0.39 is 0 Å². The number of hydrogen-bond acceptors (Lipinski definition) is 0. The van der Waals surface area contributed by atoms with Crippen LogP contribution < -0.4 is 0 Å². The van der Waals surface area contributed by atoms with E-state index in [0.717, 1.165) is 0 Å². The lowest BCUT2D eigenvalue weighted by Crippen LogP contribution is -0.576. The molecule has 0 amide bonds. The van der Waals surface area contributed by atoms with Gasteiger partial charge in [0.1, 0.15) is 0 Å². The molecule has 0 heteroatoms. The second kappa shape index (κ2) is 203. The standard InChI is InChI=1S/4C2H2.4CH4/c4*1-2;;;;/h4*1-2H;4*1H4. The second-order valence-corrected chi connectivity index (χ2v) is 0. The van der Waals surface area contributed by atoms with E-state index in [1.807, 2.05) is 0 Å². The molecule has 0 aliphatic carbocycles. The Bertz CT molecular complexity index is 43.0. The number of hydrogen-bond donors (Lipinski definition) is 0. The second-order valence-electron chi connectivity index (χ2n) is 0. The maximum absolute atomic E-state index is 4.00. The third-order valence-corrected chi connectivity index (χ3v) is 0. The summed E-state index contributed by atoms with van der Waals surface area (Å²) in [4.78, 5) is 0. The van der Waals surface area contributed by atoms with Gasteiger partial charge in [-0.2, -0.15) is 0 Å². The van der Waals surface area contributed by atoms with Gasteiger partial charge in [0.2, 0.25) is 0 Å². The van der Waals surface area contributed by atoms with Crippen molar-refractivity contribution in [3.05, 3.63) is 0 Å². The zero-order valence-corrected chi connectivity index (χ0v) is 4.62. The van der Waals surface area contributed by atoms with Crippen LogP contribution in [0.4, 0.5) is 0 Å². The van der Waals surface area contributed by atoms with Crippen LogP contribution in [0, 0.1) is 51.4 Å². The lowest BCUT2D eigenvalue weighted by atomic mass is 11.4. The Labute approximate surface area is 81.8 Å². The van der Waals surface area contributed by atoms with Crippen molar-refractivity contribution < 1.29 is 0 Å². The Kier molecular flexibility index (Phi) is 2940. The summed E-state index contributed by atoms with van der Waals surface area (Å²) in [7, 11) is 0. The third-order valence-electron chi connectivity index (χ3n) is 0. The van der Waals surface area contributed by atoms with E-state index in [4.69, 9.17) is 0 Å². The predicted octanol–water partition coefficient (Wildman–Crippen LogP) is 3.54. The van der Waals surface area contributed by atoms with Gasteiger partial charge in [0.15, 0.2) is 0 Å². The summed E-state index contributed by atoms with van der Waals surface area (Å²) in [5, 5.41) is 0. The molecular formula is C12H24. The summed E-state index contributed by atoms with van der Waals surface area (Å²) in [5.74, 6) is 0. The summed E-state index contributed by atoms with van der Waals surface area (Å²) >= 11 is 0. The highest BCUT2D eigenvalue weighted by molar-refractivity contribution is 4.47. The van der Waals surface area contributed by atoms with Gasteiger partial charge in [-0.1, -0.05) is 29.7 Å². The zero-order chi connectivity index (χ0) is 8.00. The summed E-state index contributed by atoms with van der Waals surface area (Å²) in [6, 6.07) is 0. The number of terminal acetylenes is 4. The van der Waals surface area contributed by atoms with E-state index in [2.05, 4.69) is 51.4 Å². The molecule has 0 radical (unpaired) electrons. The Morgan fingerprint density at radius 1 is 0.250 bits per heavy atom. The van der Waals surface area contributed by atoms with Crippen LogP contribution in [-0.2, 0) is 0 Å². The molecule has 0 spiro atoms. The Hall–Kier alpha value is -1.76. The van der Waals surface area contributed by atoms with Crippen LogP contribution in [0.25, 0.3) is 0 Å². The van der Waals surface area contributed by atoms with Crippen molar-refractivity contribution in [2.24, 2.45) is 0 Å². The van der Waals surface area contributed by atoms with Gasteiger partial charge in [0, 0.05) is 0 Å². The van der Waals surface area contributed by atoms with Crippen molar-refractivity contribution in [3.8, 4) is 51.4 Å². The van der Waals surface area contributed by atoms with E-state index >= 15 is 0 Å². The maximum atomic E-state index is 4.00. The first-order valence-corrected chi connectivity index (χ1v) is 1.33. The molecule has 0 saturated heterocycles. The van der Waals surface area contributed by atoms with Gasteiger partial charge >= 0.3 is 0 Å². The first kappa shape index (κ1) is 174. The molecule has 0 aromatic heterocycles. The van der Waals surface area contributed by atoms with Crippen LogP contribution in [0.2, 0.25) is 0 Å². The first-order chi connectivity index (χ1) is 4.00. The molecule has 0 aliphatic heterocycles. The normalized spacial score (nSPS) is 0.667. The van der Waals surface area contributed by atoms with Crippen LogP contribution in [0.1, 0.15) is 29.7 Å². The van der Waals surface area contributed by atoms with E-state index in [-0.39, 0.29) is 29.7 Å². The van der Waals surface area contributed by atoms with E-state index in [9.17, 15) is 0 Å². The van der Waals surface area contributed by atoms with Crippen molar-refractivity contribution in [3.63, 3.8) is 0 Å². The smallest absolute Gasteiger partial charge is 0.0776 e. The first-order valence-electron chi connectivity index (χ1n) is 1.33. The molecule has 0 atom stereocenters. The molecule has 0 rings (SSSR count). The maximum Gasteiger partial charge on any atom is -0.0776 e. The Morgan fingerprint density at radius 2 is 0.250 bits per heavy atom. The highest BCUT2D eigenvalue weighted by Crippen LogP contribution is 0.585. The van der Waals surface area contributed by atoms with Crippen molar-refractivity contribution in [2.45, 2.75) is 29.7 Å². The SMILES string of the molecule is C.C.C.C.C#C.C#C.C#C.C#C. The highest BCUT2D eigenvalue weighted by Gasteiger charge is 0.460. The Balaban J connectivity index is -0.00000000267. The van der Waals surface area contributed by atoms with Gasteiger partial charge in [0.05, 0.1) is 0 Å². The van der Waals surface area contributed by atoms with Gasteiger partial charge < -0.3 is 0 Å². The fourth-order valence-corrected chi connectivity index (χ4v) is 0. The summed E-state index contributed by atoms with van der Waals surface area (Å²) < 4.78 is 0. The molecule has 0 nitrogen and oxygen atoms in total. The topological polar surface area (TPSA) is 0 Å². The fourth-order valence-electron chi connectivity index (χ4n) is 0. The van der Waals surface area contributed by atoms with Crippen LogP contribution in [0.15, 0.2) is 0 Å². The molecule has 0 unspecified atom stereocenters. The van der Waals surface area contributed by atoms with Crippen LogP contribution in [-0.4, -0.2) is 0 Å². The van der Waals surface area contributed by atoms with Crippen molar-refractivity contribution in [1.82, 2.24) is 0 Å². The van der Waals surface area contributed by atoms with E-state index in [0.29, 0.717) is 0 Å². The van der Waals surface area contributed by atoms with E-state index in [1.165, 1.54) is 0 Å². The summed E-state index contributed by atoms with van der Waals surface area (Å²) in [5.41, 5.74) is 0. The van der Waals surface area contributed by atoms with Crippen molar-refractivity contribution >= 4 is 0 Å². The molecule has 0 N–H and O–H groups in total. The minimum atomic E-state index is 0. The molecule has 0 aromatic rings. The summed E-state index contributed by atoms with van der Waals surface area (Å²) in [6.07, 6.45) is 32.0. The monoisotopic (exact) mass is 168 g/mol. The van der Waals surface area contributed by atoms with Gasteiger partial charge in [-0.25, -0.2) is 0 Å². The molecule has 0 bridgehead atoms. The van der Waals surface area contributed by atoms with Crippen molar-refractivity contribution in [1.29, 1.82) is 0 Å². The van der Waals surface area contributed by atoms with Crippen molar-refractivity contribution in [2.75, 3.05) is 0 Å². The molecule has 72 valence electrons. The Morgan fingerprint density at radius 3 is 0.250 bits per heavy atom. The lowest BCUT2D eigenvalue weighted by molar-refractivity contribution is 2.50. The lowest BCUT2D eigenvalue weighted by Gasteiger charge is -0.701. The quantitative estimate of drug-likeness (QED) is 0.485. The molecule has 0 aromatic carbocycles. The van der Waals surface area contributed by atoms with Crippen LogP contribution in [0.5, 0.6) is 0 Å². The van der Waals surface area contributed by atoms with Crippen LogP contribution in [0.3, 0.4) is 0 Å². The molecule has 0 aliphatic rings. The van der Waals surface area contributed by atoms with Crippen LogP contribution >= 0.6 is 0 Å². The number of rotatable bonds is 0. The molecule has 0 saturated carbocycles. The fraction of sp³-hybridized carbons (Fsp3) is 0.333. The third kappa shape index (κ3) is 139. The largest absolute Gasteiger partial charge is 0.124 e. The molecule has 0 heterocycles.